The third-order valence-corrected chi connectivity index (χ3v) is 10.2. The van der Waals surface area contributed by atoms with E-state index in [9.17, 15) is 15.0 Å². The summed E-state index contributed by atoms with van der Waals surface area (Å²) in [6.07, 6.45) is 9.19. The van der Waals surface area contributed by atoms with Gasteiger partial charge < -0.3 is 15.3 Å². The lowest BCUT2D eigenvalue weighted by molar-refractivity contribution is -0.174. The molecule has 4 aliphatic rings. The van der Waals surface area contributed by atoms with Gasteiger partial charge in [-0.15, -0.1) is 0 Å². The number of carboxylic acid groups (broad SMARTS) is 1. The highest BCUT2D eigenvalue weighted by Crippen LogP contribution is 2.68. The molecule has 0 spiro atoms. The van der Waals surface area contributed by atoms with Crippen LogP contribution in [-0.4, -0.2) is 33.5 Å². The molecule has 160 valence electrons. The predicted octanol–water partition coefficient (Wildman–Crippen LogP) is 4.48. The maximum Gasteiger partial charge on any atom is 0.303 e. The molecule has 0 heterocycles. The van der Waals surface area contributed by atoms with Gasteiger partial charge in [-0.25, -0.2) is 0 Å². The van der Waals surface area contributed by atoms with E-state index in [-0.39, 0.29) is 29.5 Å². The Labute approximate surface area is 170 Å². The molecule has 0 aliphatic heterocycles. The van der Waals surface area contributed by atoms with E-state index >= 15 is 0 Å². The fourth-order valence-corrected chi connectivity index (χ4v) is 8.73. The molecule has 4 fully saturated rings. The van der Waals surface area contributed by atoms with Gasteiger partial charge in [0.25, 0.3) is 0 Å². The van der Waals surface area contributed by atoms with E-state index in [1.54, 1.807) is 0 Å². The molecule has 4 aliphatic carbocycles. The van der Waals surface area contributed by atoms with Crippen molar-refractivity contribution in [2.75, 3.05) is 0 Å². The van der Waals surface area contributed by atoms with Gasteiger partial charge in [0.2, 0.25) is 0 Å². The Kier molecular flexibility index (Phi) is 5.36. The lowest BCUT2D eigenvalue weighted by atomic mass is 9.43. The van der Waals surface area contributed by atoms with Crippen LogP contribution in [0.1, 0.15) is 85.0 Å². The largest absolute Gasteiger partial charge is 0.481 e. The first-order valence-electron chi connectivity index (χ1n) is 11.7. The summed E-state index contributed by atoms with van der Waals surface area (Å²) in [6, 6.07) is 0. The van der Waals surface area contributed by atoms with E-state index < -0.39 is 5.97 Å². The quantitative estimate of drug-likeness (QED) is 0.659. The molecule has 10 atom stereocenters. The Bertz CT molecular complexity index is 605. The van der Waals surface area contributed by atoms with Crippen LogP contribution in [0.2, 0.25) is 0 Å². The molecule has 28 heavy (non-hydrogen) atoms. The van der Waals surface area contributed by atoms with Gasteiger partial charge in [0.1, 0.15) is 0 Å². The first-order valence-corrected chi connectivity index (χ1v) is 11.7. The molecule has 0 radical (unpaired) electrons. The summed E-state index contributed by atoms with van der Waals surface area (Å²) in [6.45, 7) is 7.16. The number of fused-ring (bicyclic) bond motifs is 5. The molecule has 0 aromatic carbocycles. The lowest BCUT2D eigenvalue weighted by Gasteiger charge is -2.62. The Balaban J connectivity index is 1.55. The zero-order valence-electron chi connectivity index (χ0n) is 17.9. The predicted molar refractivity (Wildman–Crippen MR) is 109 cm³/mol. The van der Waals surface area contributed by atoms with Crippen LogP contribution in [-0.2, 0) is 4.79 Å². The average Bonchev–Trinajstić information content (AvgIpc) is 2.98. The Hall–Kier alpha value is -0.610. The van der Waals surface area contributed by atoms with E-state index in [1.165, 1.54) is 25.7 Å². The first-order chi connectivity index (χ1) is 13.2. The van der Waals surface area contributed by atoms with Crippen LogP contribution in [0.15, 0.2) is 0 Å². The van der Waals surface area contributed by atoms with Crippen LogP contribution >= 0.6 is 0 Å². The van der Waals surface area contributed by atoms with Crippen LogP contribution in [0.25, 0.3) is 0 Å². The Morgan fingerprint density at radius 2 is 1.68 bits per heavy atom. The van der Waals surface area contributed by atoms with Gasteiger partial charge in [-0.3, -0.25) is 4.79 Å². The Morgan fingerprint density at radius 1 is 1.00 bits per heavy atom. The summed E-state index contributed by atoms with van der Waals surface area (Å²) in [7, 11) is 0. The number of carbonyl (C=O) groups is 1. The van der Waals surface area contributed by atoms with Crippen molar-refractivity contribution in [3.63, 3.8) is 0 Å². The number of hydrogen-bond donors (Lipinski definition) is 3. The van der Waals surface area contributed by atoms with Crippen molar-refractivity contribution in [3.8, 4) is 0 Å². The summed E-state index contributed by atoms with van der Waals surface area (Å²) in [4.78, 5) is 11.1. The second-order valence-corrected chi connectivity index (χ2v) is 11.4. The van der Waals surface area contributed by atoms with E-state index in [0.717, 1.165) is 32.1 Å². The van der Waals surface area contributed by atoms with E-state index in [0.29, 0.717) is 35.5 Å². The van der Waals surface area contributed by atoms with Crippen molar-refractivity contribution in [1.82, 2.24) is 0 Å². The zero-order chi connectivity index (χ0) is 20.3. The smallest absolute Gasteiger partial charge is 0.303 e. The van der Waals surface area contributed by atoms with E-state index in [4.69, 9.17) is 5.11 Å². The minimum Gasteiger partial charge on any atom is -0.481 e. The molecule has 0 unspecified atom stereocenters. The number of aliphatic hydroxyl groups excluding tert-OH is 2. The van der Waals surface area contributed by atoms with Crippen LogP contribution in [0.5, 0.6) is 0 Å². The molecule has 4 rings (SSSR count). The number of rotatable bonds is 4. The van der Waals surface area contributed by atoms with Crippen molar-refractivity contribution in [1.29, 1.82) is 0 Å². The lowest BCUT2D eigenvalue weighted by Crippen LogP contribution is -2.58. The summed E-state index contributed by atoms with van der Waals surface area (Å²) in [5.41, 5.74) is 0.523. The van der Waals surface area contributed by atoms with Gasteiger partial charge in [-0.2, -0.15) is 0 Å². The van der Waals surface area contributed by atoms with Gasteiger partial charge in [0.15, 0.2) is 0 Å². The summed E-state index contributed by atoms with van der Waals surface area (Å²) in [5.74, 6) is 2.36. The monoisotopic (exact) mass is 392 g/mol. The molecular formula is C24H40O4. The maximum absolute atomic E-state index is 11.2. The first kappa shape index (κ1) is 20.7. The van der Waals surface area contributed by atoms with Crippen molar-refractivity contribution in [3.05, 3.63) is 0 Å². The molecule has 3 N–H and O–H groups in total. The molecular weight excluding hydrogens is 352 g/mol. The SMILES string of the molecule is C[C@H](CCC(=O)O)[C@@H]1CC[C@H]2[C@@H]3[C@H](O)C[C@H]4C[C@@H](O)CC[C@]4(C)[C@H]3CC[C@@]21C. The molecule has 0 bridgehead atoms. The highest BCUT2D eigenvalue weighted by molar-refractivity contribution is 5.66. The second-order valence-electron chi connectivity index (χ2n) is 11.4. The van der Waals surface area contributed by atoms with Crippen LogP contribution < -0.4 is 0 Å². The second kappa shape index (κ2) is 7.27. The fourth-order valence-electron chi connectivity index (χ4n) is 8.73. The molecule has 0 saturated heterocycles. The van der Waals surface area contributed by atoms with Crippen LogP contribution in [0, 0.1) is 46.3 Å². The van der Waals surface area contributed by atoms with Gasteiger partial charge in [-0.05, 0) is 104 Å². The molecule has 0 amide bonds. The standard InChI is InChI=1S/C24H40O4/c1-14(4-7-21(27)28)17-5-6-18-22-19(9-11-24(17,18)3)23(2)10-8-16(25)12-15(23)13-20(22)26/h14-20,22,25-26H,4-13H2,1-3H3,(H,27,28)/t14-,15-,16+,17+,18+,19+,20-,22+,23+,24-/m1/s1. The van der Waals surface area contributed by atoms with Crippen LogP contribution in [0.4, 0.5) is 0 Å². The normalized spacial score (nSPS) is 51.7. The highest BCUT2D eigenvalue weighted by Gasteiger charge is 2.62. The number of hydrogen-bond acceptors (Lipinski definition) is 3. The van der Waals surface area contributed by atoms with Crippen LogP contribution in [0.3, 0.4) is 0 Å². The minimum atomic E-state index is -0.684. The number of carboxylic acids is 1. The summed E-state index contributed by atoms with van der Waals surface area (Å²) < 4.78 is 0. The molecule has 0 aromatic rings. The molecule has 4 heteroatoms. The third kappa shape index (κ3) is 3.14. The molecule has 0 aromatic heterocycles. The average molecular weight is 393 g/mol. The molecule has 4 nitrogen and oxygen atoms in total. The summed E-state index contributed by atoms with van der Waals surface area (Å²) >= 11 is 0. The Morgan fingerprint density at radius 3 is 2.39 bits per heavy atom. The van der Waals surface area contributed by atoms with E-state index in [1.807, 2.05) is 0 Å². The van der Waals surface area contributed by atoms with Crippen molar-refractivity contribution >= 4 is 5.97 Å². The minimum absolute atomic E-state index is 0.179. The summed E-state index contributed by atoms with van der Waals surface area (Å²) in [5, 5.41) is 30.5. The third-order valence-electron chi connectivity index (χ3n) is 10.2. The van der Waals surface area contributed by atoms with Gasteiger partial charge >= 0.3 is 5.97 Å². The van der Waals surface area contributed by atoms with Crippen molar-refractivity contribution in [2.45, 2.75) is 97.2 Å². The number of aliphatic hydroxyl groups is 2. The van der Waals surface area contributed by atoms with Gasteiger partial charge in [0, 0.05) is 6.42 Å². The topological polar surface area (TPSA) is 77.8 Å². The highest BCUT2D eigenvalue weighted by atomic mass is 16.4. The fraction of sp³-hybridized carbons (Fsp3) is 0.958. The maximum atomic E-state index is 11.2. The number of aliphatic carboxylic acids is 1. The zero-order valence-corrected chi connectivity index (χ0v) is 17.9. The van der Waals surface area contributed by atoms with Gasteiger partial charge in [-0.1, -0.05) is 20.8 Å². The van der Waals surface area contributed by atoms with Crippen molar-refractivity contribution < 1.29 is 20.1 Å². The molecule has 4 saturated carbocycles. The van der Waals surface area contributed by atoms with E-state index in [2.05, 4.69) is 20.8 Å². The van der Waals surface area contributed by atoms with Gasteiger partial charge in [0.05, 0.1) is 12.2 Å². The van der Waals surface area contributed by atoms with Crippen molar-refractivity contribution in [2.24, 2.45) is 46.3 Å².